The van der Waals surface area contributed by atoms with Gasteiger partial charge in [-0.25, -0.2) is 9.78 Å². The lowest BCUT2D eigenvalue weighted by Crippen LogP contribution is -2.00. The Bertz CT molecular complexity index is 505. The van der Waals surface area contributed by atoms with Crippen molar-refractivity contribution >= 4 is 17.6 Å². The summed E-state index contributed by atoms with van der Waals surface area (Å²) in [6, 6.07) is 6.91. The van der Waals surface area contributed by atoms with Crippen LogP contribution in [0.5, 0.6) is 0 Å². The van der Waals surface area contributed by atoms with Crippen LogP contribution >= 0.6 is 11.6 Å². The first kappa shape index (κ1) is 10.7. The first-order valence-electron chi connectivity index (χ1n) is 4.60. The van der Waals surface area contributed by atoms with Gasteiger partial charge >= 0.3 is 5.97 Å². The number of imidazole rings is 1. The van der Waals surface area contributed by atoms with E-state index in [2.05, 4.69) is 14.7 Å². The minimum absolute atomic E-state index is 0.357. The van der Waals surface area contributed by atoms with Gasteiger partial charge in [0.15, 0.2) is 0 Å². The van der Waals surface area contributed by atoms with Crippen LogP contribution in [0.3, 0.4) is 0 Å². The van der Waals surface area contributed by atoms with Gasteiger partial charge in [-0.05, 0) is 12.1 Å². The Balaban J connectivity index is 2.29. The molecule has 0 spiro atoms. The van der Waals surface area contributed by atoms with Crippen molar-refractivity contribution < 1.29 is 9.53 Å². The molecule has 0 bridgehead atoms. The van der Waals surface area contributed by atoms with Gasteiger partial charge in [0.2, 0.25) is 0 Å². The highest BCUT2D eigenvalue weighted by Gasteiger charge is 2.06. The number of nitrogens with zero attached hydrogens (tertiary/aromatic N) is 1. The molecule has 1 N–H and O–H groups in total. The Morgan fingerprint density at radius 3 is 2.56 bits per heavy atom. The molecule has 1 heterocycles. The van der Waals surface area contributed by atoms with Crippen molar-refractivity contribution in [3.63, 3.8) is 0 Å². The third kappa shape index (κ3) is 2.06. The average Bonchev–Trinajstić information content (AvgIpc) is 2.75. The highest BCUT2D eigenvalue weighted by Crippen LogP contribution is 2.18. The monoisotopic (exact) mass is 236 g/mol. The zero-order valence-electron chi connectivity index (χ0n) is 8.53. The van der Waals surface area contributed by atoms with E-state index in [1.807, 2.05) is 0 Å². The molecule has 0 saturated carbocycles. The molecule has 0 aliphatic carbocycles. The summed E-state index contributed by atoms with van der Waals surface area (Å²) >= 11 is 5.70. The summed E-state index contributed by atoms with van der Waals surface area (Å²) < 4.78 is 4.60. The molecular weight excluding hydrogens is 228 g/mol. The summed E-state index contributed by atoms with van der Waals surface area (Å²) in [6.45, 7) is 0. The Hall–Kier alpha value is -1.81. The number of rotatable bonds is 2. The highest BCUT2D eigenvalue weighted by molar-refractivity contribution is 6.29. The van der Waals surface area contributed by atoms with Crippen LogP contribution in [0.4, 0.5) is 0 Å². The number of methoxy groups -OCH3 is 1. The van der Waals surface area contributed by atoms with Gasteiger partial charge in [-0.1, -0.05) is 23.7 Å². The third-order valence-electron chi connectivity index (χ3n) is 2.13. The maximum absolute atomic E-state index is 11.2. The maximum Gasteiger partial charge on any atom is 0.337 e. The standard InChI is InChI=1S/C11H9ClN2O2/c1-16-11(15)8-4-2-7(3-5-8)10-13-6-9(12)14-10/h2-6H,1H3,(H,13,14). The summed E-state index contributed by atoms with van der Waals surface area (Å²) in [7, 11) is 1.35. The van der Waals surface area contributed by atoms with Crippen LogP contribution in [0.1, 0.15) is 10.4 Å². The van der Waals surface area contributed by atoms with Crippen LogP contribution in [0.15, 0.2) is 30.5 Å². The molecule has 0 aliphatic rings. The number of carbonyl (C=O) groups excluding carboxylic acids is 1. The molecule has 0 radical (unpaired) electrons. The molecule has 4 nitrogen and oxygen atoms in total. The number of nitrogens with one attached hydrogen (secondary N) is 1. The molecule has 0 unspecified atom stereocenters. The van der Waals surface area contributed by atoms with E-state index in [0.29, 0.717) is 16.5 Å². The summed E-state index contributed by atoms with van der Waals surface area (Å²) in [6.07, 6.45) is 1.60. The van der Waals surface area contributed by atoms with Crippen LogP contribution < -0.4 is 0 Å². The molecule has 16 heavy (non-hydrogen) atoms. The van der Waals surface area contributed by atoms with Crippen LogP contribution in [-0.2, 0) is 4.74 Å². The van der Waals surface area contributed by atoms with Gasteiger partial charge in [0.1, 0.15) is 11.0 Å². The van der Waals surface area contributed by atoms with E-state index < -0.39 is 0 Å². The fourth-order valence-corrected chi connectivity index (χ4v) is 1.47. The lowest BCUT2D eigenvalue weighted by atomic mass is 10.1. The van der Waals surface area contributed by atoms with E-state index in [4.69, 9.17) is 11.6 Å². The zero-order chi connectivity index (χ0) is 11.5. The van der Waals surface area contributed by atoms with Gasteiger partial charge in [-0.3, -0.25) is 0 Å². The number of ether oxygens (including phenoxy) is 1. The fraction of sp³-hybridized carbons (Fsp3) is 0.0909. The fourth-order valence-electron chi connectivity index (χ4n) is 1.33. The largest absolute Gasteiger partial charge is 0.465 e. The SMILES string of the molecule is COC(=O)c1ccc(-c2nc(Cl)c[nH]2)cc1. The summed E-state index contributed by atoms with van der Waals surface area (Å²) in [5, 5.41) is 0.409. The normalized spacial score (nSPS) is 10.1. The number of benzene rings is 1. The number of halogens is 1. The Morgan fingerprint density at radius 2 is 2.06 bits per heavy atom. The van der Waals surface area contributed by atoms with Crippen LogP contribution in [-0.4, -0.2) is 23.0 Å². The quantitative estimate of drug-likeness (QED) is 0.816. The van der Waals surface area contributed by atoms with Crippen molar-refractivity contribution in [2.45, 2.75) is 0 Å². The molecule has 1 aromatic carbocycles. The van der Waals surface area contributed by atoms with Crippen molar-refractivity contribution in [3.05, 3.63) is 41.2 Å². The number of esters is 1. The predicted octanol–water partition coefficient (Wildman–Crippen LogP) is 2.52. The highest BCUT2D eigenvalue weighted by atomic mass is 35.5. The lowest BCUT2D eigenvalue weighted by molar-refractivity contribution is 0.0601. The minimum atomic E-state index is -0.357. The van der Waals surface area contributed by atoms with E-state index in [-0.39, 0.29) is 5.97 Å². The minimum Gasteiger partial charge on any atom is -0.465 e. The van der Waals surface area contributed by atoms with Gasteiger partial charge in [-0.2, -0.15) is 0 Å². The van der Waals surface area contributed by atoms with E-state index in [9.17, 15) is 4.79 Å². The van der Waals surface area contributed by atoms with Gasteiger partial charge in [0, 0.05) is 11.8 Å². The number of aromatic amines is 1. The number of hydrogen-bond donors (Lipinski definition) is 1. The van der Waals surface area contributed by atoms with E-state index >= 15 is 0 Å². The lowest BCUT2D eigenvalue weighted by Gasteiger charge is -2.00. The van der Waals surface area contributed by atoms with Crippen molar-refractivity contribution in [2.75, 3.05) is 7.11 Å². The van der Waals surface area contributed by atoms with E-state index in [1.54, 1.807) is 30.5 Å². The van der Waals surface area contributed by atoms with Gasteiger partial charge in [0.25, 0.3) is 0 Å². The summed E-state index contributed by atoms with van der Waals surface area (Å²) in [4.78, 5) is 18.2. The molecule has 1 aromatic heterocycles. The van der Waals surface area contributed by atoms with Crippen molar-refractivity contribution in [1.29, 1.82) is 0 Å². The van der Waals surface area contributed by atoms with Crippen LogP contribution in [0.25, 0.3) is 11.4 Å². The van der Waals surface area contributed by atoms with E-state index in [1.165, 1.54) is 7.11 Å². The van der Waals surface area contributed by atoms with Crippen molar-refractivity contribution in [1.82, 2.24) is 9.97 Å². The molecule has 0 aliphatic heterocycles. The van der Waals surface area contributed by atoms with Gasteiger partial charge in [0.05, 0.1) is 12.7 Å². The smallest absolute Gasteiger partial charge is 0.337 e. The van der Waals surface area contributed by atoms with Crippen molar-refractivity contribution in [3.8, 4) is 11.4 Å². The molecule has 2 aromatic rings. The molecular formula is C11H9ClN2O2. The Labute approximate surface area is 97.2 Å². The number of aromatic nitrogens is 2. The molecule has 82 valence electrons. The molecule has 0 atom stereocenters. The number of H-pyrrole nitrogens is 1. The van der Waals surface area contributed by atoms with E-state index in [0.717, 1.165) is 5.56 Å². The average molecular weight is 237 g/mol. The number of carbonyl (C=O) groups is 1. The van der Waals surface area contributed by atoms with Gasteiger partial charge in [-0.15, -0.1) is 0 Å². The molecule has 0 amide bonds. The first-order chi connectivity index (χ1) is 7.70. The van der Waals surface area contributed by atoms with Gasteiger partial charge < -0.3 is 9.72 Å². The topological polar surface area (TPSA) is 55.0 Å². The summed E-state index contributed by atoms with van der Waals surface area (Å²) in [5.41, 5.74) is 1.36. The predicted molar refractivity (Wildman–Crippen MR) is 60.4 cm³/mol. The molecule has 0 saturated heterocycles. The molecule has 2 rings (SSSR count). The Morgan fingerprint density at radius 1 is 1.38 bits per heavy atom. The summed E-state index contributed by atoms with van der Waals surface area (Å²) in [5.74, 6) is 0.311. The first-order valence-corrected chi connectivity index (χ1v) is 4.98. The molecule has 0 fully saturated rings. The number of hydrogen-bond acceptors (Lipinski definition) is 3. The molecule has 5 heteroatoms. The zero-order valence-corrected chi connectivity index (χ0v) is 9.28. The Kier molecular flexibility index (Phi) is 2.92. The van der Waals surface area contributed by atoms with Crippen LogP contribution in [0, 0.1) is 0 Å². The second-order valence-electron chi connectivity index (χ2n) is 3.14. The maximum atomic E-state index is 11.2. The second kappa shape index (κ2) is 4.37. The van der Waals surface area contributed by atoms with Crippen molar-refractivity contribution in [2.24, 2.45) is 0 Å². The van der Waals surface area contributed by atoms with Crippen LogP contribution in [0.2, 0.25) is 5.15 Å². The third-order valence-corrected chi connectivity index (χ3v) is 2.32. The second-order valence-corrected chi connectivity index (χ2v) is 3.53.